The lowest BCUT2D eigenvalue weighted by molar-refractivity contribution is 0.785. The number of hydrogen-bond acceptors (Lipinski definition) is 2. The van der Waals surface area contributed by atoms with Gasteiger partial charge in [-0.15, -0.1) is 34.0 Å². The Kier molecular flexibility index (Phi) is 7.03. The molecule has 0 saturated heterocycles. The third kappa shape index (κ3) is 3.93. The van der Waals surface area contributed by atoms with E-state index in [1.54, 1.807) is 0 Å². The van der Waals surface area contributed by atoms with E-state index in [4.69, 9.17) is 0 Å². The number of aromatic nitrogens is 3. The van der Waals surface area contributed by atoms with E-state index < -0.39 is 0 Å². The van der Waals surface area contributed by atoms with Gasteiger partial charge in [0.25, 0.3) is 0 Å². The van der Waals surface area contributed by atoms with Gasteiger partial charge in [0.05, 0.1) is 11.7 Å². The summed E-state index contributed by atoms with van der Waals surface area (Å²) < 4.78 is 2.22. The van der Waals surface area contributed by atoms with Crippen LogP contribution in [0.2, 0.25) is 0 Å². The van der Waals surface area contributed by atoms with Crippen molar-refractivity contribution in [1.29, 1.82) is 0 Å². The predicted octanol–water partition coefficient (Wildman–Crippen LogP) is 4.84. The zero-order valence-corrected chi connectivity index (χ0v) is 16.5. The fourth-order valence-corrected chi connectivity index (χ4v) is 2.59. The number of alkyl halides is 1. The molecule has 0 N–H and O–H groups in total. The van der Waals surface area contributed by atoms with Gasteiger partial charge in [-0.25, -0.2) is 4.98 Å². The highest BCUT2D eigenvalue weighted by Crippen LogP contribution is 2.17. The SMILES string of the molecule is Br.Br.Cc1nc2cnccc2n1Cc1ccc(CBr)cc1. The third-order valence-corrected chi connectivity index (χ3v) is 3.91. The summed E-state index contributed by atoms with van der Waals surface area (Å²) in [5, 5.41) is 0.895. The van der Waals surface area contributed by atoms with Crippen LogP contribution in [0.15, 0.2) is 42.7 Å². The summed E-state index contributed by atoms with van der Waals surface area (Å²) >= 11 is 3.46. The van der Waals surface area contributed by atoms with Crippen molar-refractivity contribution in [2.75, 3.05) is 0 Å². The van der Waals surface area contributed by atoms with E-state index in [0.29, 0.717) is 0 Å². The molecule has 1 aromatic carbocycles. The number of benzene rings is 1. The van der Waals surface area contributed by atoms with E-state index >= 15 is 0 Å². The van der Waals surface area contributed by atoms with Gasteiger partial charge < -0.3 is 4.57 Å². The maximum absolute atomic E-state index is 4.54. The summed E-state index contributed by atoms with van der Waals surface area (Å²) in [6.45, 7) is 2.88. The minimum atomic E-state index is 0. The second-order valence-electron chi connectivity index (χ2n) is 4.56. The van der Waals surface area contributed by atoms with E-state index in [0.717, 1.165) is 28.7 Å². The van der Waals surface area contributed by atoms with Crippen molar-refractivity contribution in [1.82, 2.24) is 14.5 Å². The molecule has 0 bridgehead atoms. The minimum absolute atomic E-state index is 0. The molecule has 0 aliphatic heterocycles. The maximum Gasteiger partial charge on any atom is 0.107 e. The van der Waals surface area contributed by atoms with Crippen molar-refractivity contribution < 1.29 is 0 Å². The molecule has 112 valence electrons. The number of fused-ring (bicyclic) bond motifs is 1. The van der Waals surface area contributed by atoms with E-state index in [9.17, 15) is 0 Å². The molecule has 0 spiro atoms. The molecule has 0 unspecified atom stereocenters. The van der Waals surface area contributed by atoms with Gasteiger partial charge in [0, 0.05) is 18.1 Å². The van der Waals surface area contributed by atoms with Crippen LogP contribution >= 0.6 is 49.9 Å². The first-order valence-corrected chi connectivity index (χ1v) is 7.30. The van der Waals surface area contributed by atoms with E-state index in [1.807, 2.05) is 25.4 Å². The van der Waals surface area contributed by atoms with Gasteiger partial charge >= 0.3 is 0 Å². The number of aryl methyl sites for hydroxylation is 1. The molecule has 3 rings (SSSR count). The fourth-order valence-electron chi connectivity index (χ4n) is 2.22. The first-order valence-electron chi connectivity index (χ1n) is 6.18. The Hall–Kier alpha value is -0.720. The van der Waals surface area contributed by atoms with Gasteiger partial charge in [-0.2, -0.15) is 0 Å². The standard InChI is InChI=1S/C15H14BrN3.2BrH/c1-11-18-14-9-17-7-6-15(14)19(11)10-13-4-2-12(8-16)3-5-13;;/h2-7,9H,8,10H2,1H3;2*1H. The molecular formula is C15H16Br3N3. The average molecular weight is 478 g/mol. The van der Waals surface area contributed by atoms with Crippen molar-refractivity contribution in [3.63, 3.8) is 0 Å². The van der Waals surface area contributed by atoms with Crippen LogP contribution in [0.3, 0.4) is 0 Å². The van der Waals surface area contributed by atoms with Crippen molar-refractivity contribution in [2.24, 2.45) is 0 Å². The van der Waals surface area contributed by atoms with Crippen LogP contribution in [0.1, 0.15) is 17.0 Å². The van der Waals surface area contributed by atoms with Crippen LogP contribution in [0.5, 0.6) is 0 Å². The fraction of sp³-hybridized carbons (Fsp3) is 0.200. The second-order valence-corrected chi connectivity index (χ2v) is 5.12. The Morgan fingerprint density at radius 1 is 1.05 bits per heavy atom. The number of hydrogen-bond donors (Lipinski definition) is 0. The van der Waals surface area contributed by atoms with Crippen LogP contribution in [0.25, 0.3) is 11.0 Å². The Morgan fingerprint density at radius 3 is 2.38 bits per heavy atom. The van der Waals surface area contributed by atoms with Crippen molar-refractivity contribution in [3.8, 4) is 0 Å². The zero-order valence-electron chi connectivity index (χ0n) is 11.5. The molecule has 0 fully saturated rings. The van der Waals surface area contributed by atoms with Gasteiger partial charge in [-0.1, -0.05) is 40.2 Å². The highest BCUT2D eigenvalue weighted by molar-refractivity contribution is 9.08. The molecule has 0 radical (unpaired) electrons. The summed E-state index contributed by atoms with van der Waals surface area (Å²) in [5.41, 5.74) is 4.67. The van der Waals surface area contributed by atoms with E-state index in [1.165, 1.54) is 11.1 Å². The topological polar surface area (TPSA) is 30.7 Å². The Bertz CT molecular complexity index is 708. The number of halogens is 3. The van der Waals surface area contributed by atoms with Crippen molar-refractivity contribution >= 4 is 60.9 Å². The minimum Gasteiger partial charge on any atom is -0.324 e. The van der Waals surface area contributed by atoms with Gasteiger partial charge in [-0.3, -0.25) is 4.98 Å². The van der Waals surface area contributed by atoms with Crippen LogP contribution in [-0.4, -0.2) is 14.5 Å². The molecule has 0 amide bonds. The molecule has 3 aromatic rings. The van der Waals surface area contributed by atoms with Crippen LogP contribution < -0.4 is 0 Å². The maximum atomic E-state index is 4.54. The summed E-state index contributed by atoms with van der Waals surface area (Å²) in [7, 11) is 0. The van der Waals surface area contributed by atoms with Crippen LogP contribution in [0.4, 0.5) is 0 Å². The summed E-state index contributed by atoms with van der Waals surface area (Å²) in [5.74, 6) is 1.02. The molecule has 6 heteroatoms. The molecule has 21 heavy (non-hydrogen) atoms. The molecule has 2 heterocycles. The highest BCUT2D eigenvalue weighted by Gasteiger charge is 2.07. The summed E-state index contributed by atoms with van der Waals surface area (Å²) in [4.78, 5) is 8.65. The van der Waals surface area contributed by atoms with Crippen molar-refractivity contribution in [2.45, 2.75) is 18.8 Å². The zero-order chi connectivity index (χ0) is 13.2. The molecule has 0 atom stereocenters. The molecule has 0 saturated carbocycles. The molecular weight excluding hydrogens is 462 g/mol. The monoisotopic (exact) mass is 475 g/mol. The third-order valence-electron chi connectivity index (χ3n) is 3.26. The largest absolute Gasteiger partial charge is 0.324 e. The lowest BCUT2D eigenvalue weighted by Crippen LogP contribution is -2.02. The number of rotatable bonds is 3. The first-order chi connectivity index (χ1) is 9.28. The highest BCUT2D eigenvalue weighted by atomic mass is 79.9. The van der Waals surface area contributed by atoms with Gasteiger partial charge in [0.15, 0.2) is 0 Å². The van der Waals surface area contributed by atoms with Crippen LogP contribution in [0, 0.1) is 6.92 Å². The van der Waals surface area contributed by atoms with E-state index in [2.05, 4.69) is 54.7 Å². The molecule has 3 nitrogen and oxygen atoms in total. The number of pyridine rings is 1. The van der Waals surface area contributed by atoms with Gasteiger partial charge in [0.2, 0.25) is 0 Å². The molecule has 2 aromatic heterocycles. The van der Waals surface area contributed by atoms with Gasteiger partial charge in [0.1, 0.15) is 11.3 Å². The lowest BCUT2D eigenvalue weighted by atomic mass is 10.1. The summed E-state index contributed by atoms with van der Waals surface area (Å²) in [6, 6.07) is 10.7. The Labute approximate surface area is 153 Å². The molecule has 0 aliphatic carbocycles. The second kappa shape index (κ2) is 8.06. The quantitative estimate of drug-likeness (QED) is 0.505. The van der Waals surface area contributed by atoms with Crippen LogP contribution in [-0.2, 0) is 11.9 Å². The first kappa shape index (κ1) is 18.3. The Balaban J connectivity index is 0.00000110. The predicted molar refractivity (Wildman–Crippen MR) is 101 cm³/mol. The van der Waals surface area contributed by atoms with E-state index in [-0.39, 0.29) is 34.0 Å². The van der Waals surface area contributed by atoms with Gasteiger partial charge in [-0.05, 0) is 24.1 Å². The molecule has 0 aliphatic rings. The van der Waals surface area contributed by atoms with Crippen molar-refractivity contribution in [3.05, 3.63) is 59.7 Å². The normalized spacial score (nSPS) is 10.0. The number of imidazole rings is 1. The summed E-state index contributed by atoms with van der Waals surface area (Å²) in [6.07, 6.45) is 3.63. The number of nitrogens with zero attached hydrogens (tertiary/aromatic N) is 3. The average Bonchev–Trinajstić information content (AvgIpc) is 2.76. The Morgan fingerprint density at radius 2 is 1.71 bits per heavy atom. The smallest absolute Gasteiger partial charge is 0.107 e. The lowest BCUT2D eigenvalue weighted by Gasteiger charge is -2.07.